The van der Waals surface area contributed by atoms with E-state index in [4.69, 9.17) is 4.74 Å². The van der Waals surface area contributed by atoms with Crippen LogP contribution in [0, 0.1) is 5.41 Å². The van der Waals surface area contributed by atoms with Crippen molar-refractivity contribution in [3.05, 3.63) is 0 Å². The lowest BCUT2D eigenvalue weighted by Crippen LogP contribution is -2.48. The number of rotatable bonds is 4. The van der Waals surface area contributed by atoms with Gasteiger partial charge in [0.25, 0.3) is 0 Å². The highest BCUT2D eigenvalue weighted by Gasteiger charge is 2.42. The van der Waals surface area contributed by atoms with Crippen LogP contribution in [0.15, 0.2) is 5.10 Å². The largest absolute Gasteiger partial charge is 0.467 e. The van der Waals surface area contributed by atoms with Gasteiger partial charge >= 0.3 is 5.97 Å². The first-order valence-electron chi connectivity index (χ1n) is 6.27. The standard InChI is InChI=1S/C13H24N2O2/c1-12(2,3)9-10-14-15-13(11(16)17-4)7-5-6-8-13/h10,15H,5-9H2,1-4H3. The lowest BCUT2D eigenvalue weighted by molar-refractivity contribution is -0.148. The van der Waals surface area contributed by atoms with Gasteiger partial charge in [-0.1, -0.05) is 33.6 Å². The summed E-state index contributed by atoms with van der Waals surface area (Å²) < 4.78 is 4.86. The third-order valence-electron chi connectivity index (χ3n) is 3.11. The van der Waals surface area contributed by atoms with Gasteiger partial charge in [-0.15, -0.1) is 0 Å². The molecule has 0 aromatic rings. The number of hydrogen-bond donors (Lipinski definition) is 1. The van der Waals surface area contributed by atoms with Crippen molar-refractivity contribution >= 4 is 12.2 Å². The number of hydrogen-bond acceptors (Lipinski definition) is 4. The van der Waals surface area contributed by atoms with Crippen LogP contribution in [0.1, 0.15) is 52.9 Å². The quantitative estimate of drug-likeness (QED) is 0.466. The minimum Gasteiger partial charge on any atom is -0.467 e. The summed E-state index contributed by atoms with van der Waals surface area (Å²) in [6.45, 7) is 6.47. The van der Waals surface area contributed by atoms with Crippen LogP contribution in [0.2, 0.25) is 0 Å². The number of ether oxygens (including phenoxy) is 1. The summed E-state index contributed by atoms with van der Waals surface area (Å²) in [4.78, 5) is 11.8. The zero-order valence-electron chi connectivity index (χ0n) is 11.4. The molecular weight excluding hydrogens is 216 g/mol. The summed E-state index contributed by atoms with van der Waals surface area (Å²) in [6.07, 6.45) is 6.47. The smallest absolute Gasteiger partial charge is 0.333 e. The fraction of sp³-hybridized carbons (Fsp3) is 0.846. The Kier molecular flexibility index (Phi) is 4.54. The molecule has 0 aromatic heterocycles. The number of nitrogens with one attached hydrogen (secondary N) is 1. The van der Waals surface area contributed by atoms with Crippen LogP contribution in [-0.4, -0.2) is 24.8 Å². The van der Waals surface area contributed by atoms with Crippen LogP contribution >= 0.6 is 0 Å². The molecule has 0 unspecified atom stereocenters. The van der Waals surface area contributed by atoms with Crippen LogP contribution in [0.4, 0.5) is 0 Å². The topological polar surface area (TPSA) is 50.7 Å². The molecule has 0 saturated heterocycles. The summed E-state index contributed by atoms with van der Waals surface area (Å²) in [5, 5.41) is 4.20. The molecule has 4 heteroatoms. The monoisotopic (exact) mass is 240 g/mol. The molecule has 0 amide bonds. The summed E-state index contributed by atoms with van der Waals surface area (Å²) >= 11 is 0. The molecule has 1 aliphatic carbocycles. The third-order valence-corrected chi connectivity index (χ3v) is 3.11. The molecule has 0 aromatic carbocycles. The van der Waals surface area contributed by atoms with Gasteiger partial charge in [0, 0.05) is 6.21 Å². The summed E-state index contributed by atoms with van der Waals surface area (Å²) in [5.41, 5.74) is 2.65. The van der Waals surface area contributed by atoms with Gasteiger partial charge in [0.2, 0.25) is 0 Å². The zero-order chi connectivity index (χ0) is 12.9. The molecule has 0 spiro atoms. The Morgan fingerprint density at radius 3 is 2.47 bits per heavy atom. The van der Waals surface area contributed by atoms with Gasteiger partial charge in [-0.05, 0) is 24.7 Å². The van der Waals surface area contributed by atoms with Gasteiger partial charge in [-0.25, -0.2) is 4.79 Å². The van der Waals surface area contributed by atoms with E-state index in [-0.39, 0.29) is 11.4 Å². The first kappa shape index (κ1) is 14.0. The van der Waals surface area contributed by atoms with Crippen molar-refractivity contribution in [1.82, 2.24) is 5.43 Å². The number of esters is 1. The Morgan fingerprint density at radius 2 is 2.00 bits per heavy atom. The molecule has 0 bridgehead atoms. The minimum absolute atomic E-state index is 0.192. The van der Waals surface area contributed by atoms with E-state index >= 15 is 0 Å². The predicted molar refractivity (Wildman–Crippen MR) is 68.9 cm³/mol. The molecule has 0 aliphatic heterocycles. The number of methoxy groups -OCH3 is 1. The number of carbonyl (C=O) groups is 1. The van der Waals surface area contributed by atoms with Crippen molar-refractivity contribution < 1.29 is 9.53 Å². The molecule has 4 nitrogen and oxygen atoms in total. The van der Waals surface area contributed by atoms with Crippen molar-refractivity contribution in [2.24, 2.45) is 10.5 Å². The van der Waals surface area contributed by atoms with Gasteiger partial charge in [-0.2, -0.15) is 5.10 Å². The molecule has 0 radical (unpaired) electrons. The molecule has 1 N–H and O–H groups in total. The maximum atomic E-state index is 11.8. The normalized spacial score (nSPS) is 19.5. The second kappa shape index (κ2) is 5.52. The first-order chi connectivity index (χ1) is 7.90. The zero-order valence-corrected chi connectivity index (χ0v) is 11.4. The van der Waals surface area contributed by atoms with Crippen molar-refractivity contribution in [1.29, 1.82) is 0 Å². The Morgan fingerprint density at radius 1 is 1.41 bits per heavy atom. The van der Waals surface area contributed by atoms with Gasteiger partial charge < -0.3 is 4.74 Å². The highest BCUT2D eigenvalue weighted by molar-refractivity contribution is 5.81. The Balaban J connectivity index is 2.54. The van der Waals surface area contributed by atoms with E-state index in [0.717, 1.165) is 32.1 Å². The van der Waals surface area contributed by atoms with Crippen LogP contribution in [0.25, 0.3) is 0 Å². The van der Waals surface area contributed by atoms with Crippen molar-refractivity contribution in [2.45, 2.75) is 58.4 Å². The second-order valence-electron chi connectivity index (χ2n) is 5.97. The molecule has 1 rings (SSSR count). The van der Waals surface area contributed by atoms with E-state index in [0.29, 0.717) is 0 Å². The lowest BCUT2D eigenvalue weighted by atomic mass is 9.93. The SMILES string of the molecule is COC(=O)C1(NN=CCC(C)(C)C)CCCC1. The average Bonchev–Trinajstić information content (AvgIpc) is 2.72. The summed E-state index contributed by atoms with van der Waals surface area (Å²) in [7, 11) is 1.43. The molecule has 1 fully saturated rings. The van der Waals surface area contributed by atoms with Crippen LogP contribution in [0.5, 0.6) is 0 Å². The highest BCUT2D eigenvalue weighted by Crippen LogP contribution is 2.30. The highest BCUT2D eigenvalue weighted by atomic mass is 16.5. The Hall–Kier alpha value is -1.06. The average molecular weight is 240 g/mol. The summed E-state index contributed by atoms with van der Waals surface area (Å²) in [6, 6.07) is 0. The van der Waals surface area contributed by atoms with E-state index in [1.54, 1.807) is 0 Å². The number of nitrogens with zero attached hydrogens (tertiary/aromatic N) is 1. The number of hydrazone groups is 1. The Labute approximate surface area is 104 Å². The van der Waals surface area contributed by atoms with Gasteiger partial charge in [0.05, 0.1) is 7.11 Å². The fourth-order valence-corrected chi connectivity index (χ4v) is 2.02. The summed E-state index contributed by atoms with van der Waals surface area (Å²) in [5.74, 6) is -0.192. The fourth-order valence-electron chi connectivity index (χ4n) is 2.02. The molecule has 17 heavy (non-hydrogen) atoms. The van der Waals surface area contributed by atoms with Crippen LogP contribution in [0.3, 0.4) is 0 Å². The van der Waals surface area contributed by atoms with E-state index in [9.17, 15) is 4.79 Å². The van der Waals surface area contributed by atoms with Crippen molar-refractivity contribution in [2.75, 3.05) is 7.11 Å². The molecule has 1 aliphatic rings. The molecule has 0 heterocycles. The maximum Gasteiger partial charge on any atom is 0.333 e. The van der Waals surface area contributed by atoms with Gasteiger partial charge in [-0.3, -0.25) is 5.43 Å². The van der Waals surface area contributed by atoms with Crippen LogP contribution < -0.4 is 5.43 Å². The van der Waals surface area contributed by atoms with E-state index < -0.39 is 5.54 Å². The third kappa shape index (κ3) is 4.02. The van der Waals surface area contributed by atoms with Crippen molar-refractivity contribution in [3.8, 4) is 0 Å². The van der Waals surface area contributed by atoms with E-state index in [1.165, 1.54) is 7.11 Å². The maximum absolute atomic E-state index is 11.8. The number of carbonyl (C=O) groups excluding carboxylic acids is 1. The molecule has 1 saturated carbocycles. The van der Waals surface area contributed by atoms with Crippen molar-refractivity contribution in [3.63, 3.8) is 0 Å². The lowest BCUT2D eigenvalue weighted by Gasteiger charge is -2.25. The molecular formula is C13H24N2O2. The predicted octanol–water partition coefficient (Wildman–Crippen LogP) is 2.48. The molecule has 98 valence electrons. The van der Waals surface area contributed by atoms with E-state index in [1.807, 2.05) is 6.21 Å². The molecule has 0 atom stereocenters. The van der Waals surface area contributed by atoms with Crippen LogP contribution in [-0.2, 0) is 9.53 Å². The second-order valence-corrected chi connectivity index (χ2v) is 5.97. The van der Waals surface area contributed by atoms with Gasteiger partial charge in [0.1, 0.15) is 0 Å². The van der Waals surface area contributed by atoms with E-state index in [2.05, 4.69) is 31.3 Å². The minimum atomic E-state index is -0.580. The first-order valence-corrected chi connectivity index (χ1v) is 6.27. The Bertz CT molecular complexity index is 286. The van der Waals surface area contributed by atoms with Gasteiger partial charge in [0.15, 0.2) is 5.54 Å².